The number of nitrogens with two attached hydrogens (primary N) is 1. The van der Waals surface area contributed by atoms with Gasteiger partial charge in [0.15, 0.2) is 17.5 Å². The smallest absolute Gasteiger partial charge is 0.189 e. The fourth-order valence-corrected chi connectivity index (χ4v) is 2.48. The van der Waals surface area contributed by atoms with Crippen molar-refractivity contribution in [2.45, 2.75) is 13.1 Å². The lowest BCUT2D eigenvalue weighted by Crippen LogP contribution is -2.31. The lowest BCUT2D eigenvalue weighted by Gasteiger charge is -2.09. The maximum Gasteiger partial charge on any atom is 0.189 e. The van der Waals surface area contributed by atoms with E-state index in [9.17, 15) is 4.39 Å². The van der Waals surface area contributed by atoms with Crippen LogP contribution in [0.5, 0.6) is 11.5 Å². The standard InChI is InChI=1S/C17H19BrFN3O2/c1-23-15-6-3-11(7-16(15)24-2)9-21-17(20)22-10-12-8-13(18)4-5-14(12)19/h3-8H,9-10H2,1-2H3,(H3,20,21,22). The Morgan fingerprint density at radius 1 is 1.17 bits per heavy atom. The molecule has 3 N–H and O–H groups in total. The minimum atomic E-state index is -0.293. The normalized spacial score (nSPS) is 11.2. The molecule has 7 heteroatoms. The van der Waals surface area contributed by atoms with Crippen LogP contribution in [-0.2, 0) is 13.1 Å². The Morgan fingerprint density at radius 2 is 1.92 bits per heavy atom. The SMILES string of the molecule is COc1ccc(CN=C(N)NCc2cc(Br)ccc2F)cc1OC. The van der Waals surface area contributed by atoms with E-state index in [1.54, 1.807) is 26.4 Å². The molecule has 5 nitrogen and oxygen atoms in total. The molecular formula is C17H19BrFN3O2. The third kappa shape index (κ3) is 4.86. The Balaban J connectivity index is 1.97. The first-order valence-electron chi connectivity index (χ1n) is 7.22. The molecule has 128 valence electrons. The molecule has 0 spiro atoms. The van der Waals surface area contributed by atoms with E-state index in [0.29, 0.717) is 23.6 Å². The molecule has 2 aromatic carbocycles. The van der Waals surface area contributed by atoms with Crippen molar-refractivity contribution < 1.29 is 13.9 Å². The zero-order valence-electron chi connectivity index (χ0n) is 13.5. The van der Waals surface area contributed by atoms with Crippen molar-refractivity contribution in [3.05, 3.63) is 57.8 Å². The second kappa shape index (κ2) is 8.54. The van der Waals surface area contributed by atoms with E-state index in [0.717, 1.165) is 10.0 Å². The van der Waals surface area contributed by atoms with Gasteiger partial charge in [-0.15, -0.1) is 0 Å². The van der Waals surface area contributed by atoms with Crippen molar-refractivity contribution in [3.63, 3.8) is 0 Å². The summed E-state index contributed by atoms with van der Waals surface area (Å²) in [6.45, 7) is 0.632. The molecule has 0 fully saturated rings. The van der Waals surface area contributed by atoms with E-state index < -0.39 is 0 Å². The highest BCUT2D eigenvalue weighted by Crippen LogP contribution is 2.27. The van der Waals surface area contributed by atoms with Crippen molar-refractivity contribution >= 4 is 21.9 Å². The first-order valence-corrected chi connectivity index (χ1v) is 8.01. The summed E-state index contributed by atoms with van der Waals surface area (Å²) < 4.78 is 24.9. The third-order valence-electron chi connectivity index (χ3n) is 3.35. The van der Waals surface area contributed by atoms with Gasteiger partial charge in [0.25, 0.3) is 0 Å². The number of methoxy groups -OCH3 is 2. The predicted molar refractivity (Wildman–Crippen MR) is 95.8 cm³/mol. The van der Waals surface area contributed by atoms with Gasteiger partial charge >= 0.3 is 0 Å². The molecule has 0 unspecified atom stereocenters. The second-order valence-corrected chi connectivity index (χ2v) is 5.90. The summed E-state index contributed by atoms with van der Waals surface area (Å²) >= 11 is 3.31. The molecule has 2 aromatic rings. The number of nitrogens with one attached hydrogen (secondary N) is 1. The van der Waals surface area contributed by atoms with Gasteiger partial charge in [0.2, 0.25) is 0 Å². The topological polar surface area (TPSA) is 68.9 Å². The number of hydrogen-bond acceptors (Lipinski definition) is 3. The van der Waals surface area contributed by atoms with E-state index in [-0.39, 0.29) is 18.3 Å². The van der Waals surface area contributed by atoms with E-state index in [4.69, 9.17) is 15.2 Å². The molecule has 0 aromatic heterocycles. The molecule has 0 saturated heterocycles. The second-order valence-electron chi connectivity index (χ2n) is 4.98. The minimum absolute atomic E-state index is 0.240. The lowest BCUT2D eigenvalue weighted by atomic mass is 10.2. The molecule has 0 amide bonds. The van der Waals surface area contributed by atoms with Gasteiger partial charge in [0.1, 0.15) is 5.82 Å². The van der Waals surface area contributed by atoms with E-state index in [1.807, 2.05) is 18.2 Å². The molecule has 2 rings (SSSR count). The Kier molecular flexibility index (Phi) is 6.43. The van der Waals surface area contributed by atoms with Crippen molar-refractivity contribution in [1.82, 2.24) is 5.32 Å². The average Bonchev–Trinajstić information content (AvgIpc) is 2.60. The minimum Gasteiger partial charge on any atom is -0.493 e. The summed E-state index contributed by atoms with van der Waals surface area (Å²) in [6, 6.07) is 10.3. The molecule has 0 aliphatic rings. The van der Waals surface area contributed by atoms with Gasteiger partial charge in [-0.05, 0) is 35.9 Å². The number of halogens is 2. The van der Waals surface area contributed by atoms with Crippen molar-refractivity contribution in [2.24, 2.45) is 10.7 Å². The quantitative estimate of drug-likeness (QED) is 0.581. The van der Waals surface area contributed by atoms with Crippen LogP contribution < -0.4 is 20.5 Å². The summed E-state index contributed by atoms with van der Waals surface area (Å²) in [5, 5.41) is 2.90. The molecule has 0 aliphatic carbocycles. The van der Waals surface area contributed by atoms with Crippen LogP contribution in [0.15, 0.2) is 45.9 Å². The first-order chi connectivity index (χ1) is 11.5. The van der Waals surface area contributed by atoms with Crippen LogP contribution in [0.1, 0.15) is 11.1 Å². The van der Waals surface area contributed by atoms with Gasteiger partial charge in [-0.2, -0.15) is 0 Å². The number of benzene rings is 2. The van der Waals surface area contributed by atoms with Gasteiger partial charge < -0.3 is 20.5 Å². The van der Waals surface area contributed by atoms with Crippen LogP contribution in [0.2, 0.25) is 0 Å². The summed E-state index contributed by atoms with van der Waals surface area (Å²) in [5.74, 6) is 1.23. The maximum absolute atomic E-state index is 13.7. The van der Waals surface area contributed by atoms with Gasteiger partial charge in [-0.25, -0.2) is 9.38 Å². The first kappa shape index (κ1) is 18.1. The van der Waals surface area contributed by atoms with Crippen LogP contribution in [0.4, 0.5) is 4.39 Å². The van der Waals surface area contributed by atoms with Crippen molar-refractivity contribution in [3.8, 4) is 11.5 Å². The van der Waals surface area contributed by atoms with Crippen molar-refractivity contribution in [1.29, 1.82) is 0 Å². The average molecular weight is 396 g/mol. The Morgan fingerprint density at radius 3 is 2.62 bits per heavy atom. The zero-order valence-corrected chi connectivity index (χ0v) is 15.1. The number of ether oxygens (including phenoxy) is 2. The number of nitrogens with zero attached hydrogens (tertiary/aromatic N) is 1. The fourth-order valence-electron chi connectivity index (χ4n) is 2.08. The molecular weight excluding hydrogens is 377 g/mol. The Labute approximate surface area is 148 Å². The van der Waals surface area contributed by atoms with Crippen LogP contribution in [0, 0.1) is 5.82 Å². The van der Waals surface area contributed by atoms with Gasteiger partial charge in [-0.1, -0.05) is 22.0 Å². The van der Waals surface area contributed by atoms with Gasteiger partial charge in [-0.3, -0.25) is 0 Å². The molecule has 0 heterocycles. The van der Waals surface area contributed by atoms with Gasteiger partial charge in [0, 0.05) is 16.6 Å². The van der Waals surface area contributed by atoms with E-state index in [1.165, 1.54) is 6.07 Å². The van der Waals surface area contributed by atoms with E-state index >= 15 is 0 Å². The number of guanidine groups is 1. The molecule has 0 radical (unpaired) electrons. The summed E-state index contributed by atoms with van der Waals surface area (Å²) in [6.07, 6.45) is 0. The molecule has 24 heavy (non-hydrogen) atoms. The number of aliphatic imine (C=N–C) groups is 1. The highest BCUT2D eigenvalue weighted by Gasteiger charge is 2.05. The monoisotopic (exact) mass is 395 g/mol. The third-order valence-corrected chi connectivity index (χ3v) is 3.84. The lowest BCUT2D eigenvalue weighted by molar-refractivity contribution is 0.354. The highest BCUT2D eigenvalue weighted by atomic mass is 79.9. The highest BCUT2D eigenvalue weighted by molar-refractivity contribution is 9.10. The number of hydrogen-bond donors (Lipinski definition) is 2. The molecule has 0 atom stereocenters. The van der Waals surface area contributed by atoms with Crippen LogP contribution in [0.3, 0.4) is 0 Å². The fraction of sp³-hybridized carbons (Fsp3) is 0.235. The Hall–Kier alpha value is -2.28. The zero-order chi connectivity index (χ0) is 17.5. The van der Waals surface area contributed by atoms with Crippen LogP contribution >= 0.6 is 15.9 Å². The molecule has 0 saturated carbocycles. The predicted octanol–water partition coefficient (Wildman–Crippen LogP) is 3.21. The van der Waals surface area contributed by atoms with Crippen LogP contribution in [0.25, 0.3) is 0 Å². The summed E-state index contributed by atoms with van der Waals surface area (Å²) in [7, 11) is 3.16. The maximum atomic E-state index is 13.7. The Bertz CT molecular complexity index is 738. The van der Waals surface area contributed by atoms with Crippen LogP contribution in [-0.4, -0.2) is 20.2 Å². The number of rotatable bonds is 6. The molecule has 0 aliphatic heterocycles. The van der Waals surface area contributed by atoms with Gasteiger partial charge in [0.05, 0.1) is 20.8 Å². The molecule has 0 bridgehead atoms. The summed E-state index contributed by atoms with van der Waals surface area (Å²) in [5.41, 5.74) is 7.26. The van der Waals surface area contributed by atoms with Crippen molar-refractivity contribution in [2.75, 3.05) is 14.2 Å². The van der Waals surface area contributed by atoms with E-state index in [2.05, 4.69) is 26.2 Å². The largest absolute Gasteiger partial charge is 0.493 e. The summed E-state index contributed by atoms with van der Waals surface area (Å²) in [4.78, 5) is 4.25.